The molecule has 3 saturated carbocycles. The Kier molecular flexibility index (Phi) is 7.05. The molecular formula is C24H40. The zero-order valence-electron chi connectivity index (χ0n) is 16.3. The fourth-order valence-electron chi connectivity index (χ4n) is 5.12. The van der Waals surface area contributed by atoms with Crippen molar-refractivity contribution in [2.45, 2.75) is 90.9 Å². The molecule has 3 aliphatic rings. The Morgan fingerprint density at radius 1 is 0.375 bits per heavy atom. The summed E-state index contributed by atoms with van der Waals surface area (Å²) >= 11 is 0. The Morgan fingerprint density at radius 3 is 0.833 bits per heavy atom. The van der Waals surface area contributed by atoms with Crippen LogP contribution in [0.3, 0.4) is 0 Å². The predicted molar refractivity (Wildman–Crippen MR) is 106 cm³/mol. The van der Waals surface area contributed by atoms with Crippen LogP contribution in [0.1, 0.15) is 90.9 Å². The van der Waals surface area contributed by atoms with E-state index in [1.54, 1.807) is 0 Å². The van der Waals surface area contributed by atoms with Gasteiger partial charge in [-0.1, -0.05) is 63.8 Å². The molecule has 0 nitrogen and oxygen atoms in total. The van der Waals surface area contributed by atoms with Gasteiger partial charge in [-0.2, -0.15) is 0 Å². The Balaban J connectivity index is 1.35. The fourth-order valence-corrected chi connectivity index (χ4v) is 5.12. The van der Waals surface area contributed by atoms with Crippen LogP contribution in [-0.4, -0.2) is 0 Å². The highest BCUT2D eigenvalue weighted by Crippen LogP contribution is 2.34. The maximum Gasteiger partial charge on any atom is -0.0233 e. The van der Waals surface area contributed by atoms with Crippen LogP contribution in [0.5, 0.6) is 0 Å². The van der Waals surface area contributed by atoms with Crippen LogP contribution in [0.4, 0.5) is 0 Å². The van der Waals surface area contributed by atoms with Crippen molar-refractivity contribution in [1.29, 1.82) is 0 Å². The molecule has 0 aromatic carbocycles. The van der Waals surface area contributed by atoms with Crippen LogP contribution in [-0.2, 0) is 0 Å². The first-order chi connectivity index (χ1) is 11.7. The third-order valence-corrected chi connectivity index (χ3v) is 7.25. The van der Waals surface area contributed by atoms with Crippen LogP contribution in [0.15, 0.2) is 24.3 Å². The van der Waals surface area contributed by atoms with Gasteiger partial charge in [-0.05, 0) is 86.9 Å². The molecule has 0 bridgehead atoms. The average molecular weight is 329 g/mol. The molecule has 24 heavy (non-hydrogen) atoms. The summed E-state index contributed by atoms with van der Waals surface area (Å²) in [5.41, 5.74) is 0. The molecule has 0 aliphatic heterocycles. The van der Waals surface area contributed by atoms with Crippen molar-refractivity contribution in [1.82, 2.24) is 0 Å². The highest BCUT2D eigenvalue weighted by atomic mass is 14.3. The SMILES string of the molecule is CC1CCC(/C=C/C2CCC(/C=C/C3CCC(C)CC3)CC2)CC1. The lowest BCUT2D eigenvalue weighted by molar-refractivity contribution is 0.321. The second-order valence-electron chi connectivity index (χ2n) is 9.48. The maximum absolute atomic E-state index is 2.60. The highest BCUT2D eigenvalue weighted by molar-refractivity contribution is 5.00. The molecule has 0 atom stereocenters. The smallest absolute Gasteiger partial charge is 0.0233 e. The second kappa shape index (κ2) is 9.25. The van der Waals surface area contributed by atoms with Crippen LogP contribution in [0.2, 0.25) is 0 Å². The summed E-state index contributed by atoms with van der Waals surface area (Å²) in [7, 11) is 0. The van der Waals surface area contributed by atoms with Gasteiger partial charge in [-0.25, -0.2) is 0 Å². The first-order valence-electron chi connectivity index (χ1n) is 11.1. The molecule has 0 aromatic heterocycles. The molecule has 0 unspecified atom stereocenters. The van der Waals surface area contributed by atoms with Crippen molar-refractivity contribution < 1.29 is 0 Å². The van der Waals surface area contributed by atoms with Gasteiger partial charge in [0, 0.05) is 0 Å². The Morgan fingerprint density at radius 2 is 0.583 bits per heavy atom. The Labute approximate surface area is 151 Å². The topological polar surface area (TPSA) is 0 Å². The molecule has 0 saturated heterocycles. The molecule has 0 N–H and O–H groups in total. The van der Waals surface area contributed by atoms with Crippen LogP contribution in [0, 0.1) is 35.5 Å². The van der Waals surface area contributed by atoms with E-state index in [0.717, 1.165) is 35.5 Å². The van der Waals surface area contributed by atoms with E-state index in [2.05, 4.69) is 38.2 Å². The van der Waals surface area contributed by atoms with Gasteiger partial charge in [-0.15, -0.1) is 0 Å². The lowest BCUT2D eigenvalue weighted by Crippen LogP contribution is -2.14. The summed E-state index contributed by atoms with van der Waals surface area (Å²) in [4.78, 5) is 0. The van der Waals surface area contributed by atoms with E-state index in [0.29, 0.717) is 0 Å². The summed E-state index contributed by atoms with van der Waals surface area (Å²) in [6, 6.07) is 0. The Bertz CT molecular complexity index is 354. The number of allylic oxidation sites excluding steroid dienone is 4. The molecular weight excluding hydrogens is 288 g/mol. The second-order valence-corrected chi connectivity index (χ2v) is 9.48. The largest absolute Gasteiger partial charge is 0.0851 e. The van der Waals surface area contributed by atoms with Crippen molar-refractivity contribution >= 4 is 0 Å². The predicted octanol–water partition coefficient (Wildman–Crippen LogP) is 7.56. The lowest BCUT2D eigenvalue weighted by Gasteiger charge is -2.27. The van der Waals surface area contributed by atoms with Crippen molar-refractivity contribution in [2.75, 3.05) is 0 Å². The molecule has 136 valence electrons. The summed E-state index contributed by atoms with van der Waals surface area (Å²) < 4.78 is 0. The molecule has 3 rings (SSSR count). The molecule has 0 heterocycles. The standard InChI is InChI=1S/C24H40/c1-19-3-7-21(8-4-19)11-13-23-15-17-24(18-16-23)14-12-22-9-5-20(2)6-10-22/h11-14,19-24H,3-10,15-18H2,1-2H3/b13-11+,14-12+. The van der Waals surface area contributed by atoms with E-state index in [9.17, 15) is 0 Å². The van der Waals surface area contributed by atoms with Gasteiger partial charge in [0.15, 0.2) is 0 Å². The van der Waals surface area contributed by atoms with Gasteiger partial charge >= 0.3 is 0 Å². The van der Waals surface area contributed by atoms with Gasteiger partial charge in [0.25, 0.3) is 0 Å². The first-order valence-corrected chi connectivity index (χ1v) is 11.1. The average Bonchev–Trinajstić information content (AvgIpc) is 2.62. The van der Waals surface area contributed by atoms with Gasteiger partial charge in [-0.3, -0.25) is 0 Å². The number of hydrogen-bond acceptors (Lipinski definition) is 0. The quantitative estimate of drug-likeness (QED) is 0.467. The van der Waals surface area contributed by atoms with Crippen molar-refractivity contribution in [3.63, 3.8) is 0 Å². The molecule has 0 amide bonds. The van der Waals surface area contributed by atoms with E-state index >= 15 is 0 Å². The van der Waals surface area contributed by atoms with Crippen LogP contribution in [0.25, 0.3) is 0 Å². The molecule has 0 aromatic rings. The molecule has 0 radical (unpaired) electrons. The number of rotatable bonds is 4. The third-order valence-electron chi connectivity index (χ3n) is 7.25. The summed E-state index contributed by atoms with van der Waals surface area (Å²) in [5.74, 6) is 5.50. The minimum atomic E-state index is 0.879. The number of hydrogen-bond donors (Lipinski definition) is 0. The fraction of sp³-hybridized carbons (Fsp3) is 0.833. The monoisotopic (exact) mass is 328 g/mol. The van der Waals surface area contributed by atoms with Crippen LogP contribution < -0.4 is 0 Å². The first kappa shape index (κ1) is 18.3. The van der Waals surface area contributed by atoms with Gasteiger partial charge < -0.3 is 0 Å². The van der Waals surface area contributed by atoms with Gasteiger partial charge in [0.05, 0.1) is 0 Å². The lowest BCUT2D eigenvalue weighted by atomic mass is 9.78. The van der Waals surface area contributed by atoms with E-state index in [4.69, 9.17) is 0 Å². The third kappa shape index (κ3) is 5.78. The molecule has 3 fully saturated rings. The van der Waals surface area contributed by atoms with E-state index in [-0.39, 0.29) is 0 Å². The zero-order chi connectivity index (χ0) is 16.8. The normalized spacial score (nSPS) is 41.9. The highest BCUT2D eigenvalue weighted by Gasteiger charge is 2.21. The molecule has 3 aliphatic carbocycles. The summed E-state index contributed by atoms with van der Waals surface area (Å²) in [6.45, 7) is 4.84. The van der Waals surface area contributed by atoms with Crippen molar-refractivity contribution in [3.8, 4) is 0 Å². The van der Waals surface area contributed by atoms with Gasteiger partial charge in [0.1, 0.15) is 0 Å². The summed E-state index contributed by atoms with van der Waals surface area (Å²) in [6.07, 6.45) is 27.7. The van der Waals surface area contributed by atoms with E-state index in [1.807, 2.05) is 0 Å². The van der Waals surface area contributed by atoms with Crippen molar-refractivity contribution in [2.24, 2.45) is 35.5 Å². The van der Waals surface area contributed by atoms with E-state index in [1.165, 1.54) is 77.0 Å². The minimum Gasteiger partial charge on any atom is -0.0851 e. The van der Waals surface area contributed by atoms with E-state index < -0.39 is 0 Å². The zero-order valence-corrected chi connectivity index (χ0v) is 16.3. The molecule has 0 spiro atoms. The van der Waals surface area contributed by atoms with Crippen LogP contribution >= 0.6 is 0 Å². The minimum absolute atomic E-state index is 0.879. The van der Waals surface area contributed by atoms with Gasteiger partial charge in [0.2, 0.25) is 0 Å². The molecule has 0 heteroatoms. The maximum atomic E-state index is 2.60. The van der Waals surface area contributed by atoms with Crippen molar-refractivity contribution in [3.05, 3.63) is 24.3 Å². The summed E-state index contributed by atoms with van der Waals surface area (Å²) in [5, 5.41) is 0. The Hall–Kier alpha value is -0.520.